The number of aromatic nitrogens is 1. The molecule has 0 spiro atoms. The third kappa shape index (κ3) is 3.30. The predicted octanol–water partition coefficient (Wildman–Crippen LogP) is 4.90. The molecule has 0 N–H and O–H groups in total. The van der Waals surface area contributed by atoms with E-state index in [0.717, 1.165) is 28.7 Å². The summed E-state index contributed by atoms with van der Waals surface area (Å²) < 4.78 is 8.28. The predicted molar refractivity (Wildman–Crippen MR) is 99.1 cm³/mol. The Hall–Kier alpha value is -1.92. The highest BCUT2D eigenvalue weighted by Gasteiger charge is 2.15. The van der Waals surface area contributed by atoms with E-state index in [1.165, 1.54) is 11.1 Å². The number of thiazole rings is 1. The van der Waals surface area contributed by atoms with Crippen LogP contribution in [0.15, 0.2) is 56.5 Å². The average molecular weight is 405 g/mol. The van der Waals surface area contributed by atoms with E-state index in [1.807, 2.05) is 12.1 Å². The Labute approximate surface area is 152 Å². The molecule has 3 aromatic rings. The zero-order valence-corrected chi connectivity index (χ0v) is 15.9. The van der Waals surface area contributed by atoms with Crippen LogP contribution in [0.3, 0.4) is 0 Å². The minimum absolute atomic E-state index is 0.259. The van der Waals surface area contributed by atoms with Crippen molar-refractivity contribution < 1.29 is 9.21 Å². The van der Waals surface area contributed by atoms with E-state index in [4.69, 9.17) is 4.42 Å². The van der Waals surface area contributed by atoms with Crippen molar-refractivity contribution >= 4 is 33.2 Å². The summed E-state index contributed by atoms with van der Waals surface area (Å²) >= 11 is 5.03. The maximum atomic E-state index is 12.3. The molecule has 3 rings (SSSR count). The number of hydrogen-bond donors (Lipinski definition) is 0. The van der Waals surface area contributed by atoms with Crippen LogP contribution in [0.4, 0.5) is 0 Å². The van der Waals surface area contributed by atoms with Gasteiger partial charge in [0.05, 0.1) is 12.0 Å². The summed E-state index contributed by atoms with van der Waals surface area (Å²) in [7, 11) is 0. The highest BCUT2D eigenvalue weighted by Crippen LogP contribution is 2.27. The molecule has 0 radical (unpaired) electrons. The van der Waals surface area contributed by atoms with Crippen molar-refractivity contribution in [3.63, 3.8) is 0 Å². The fourth-order valence-electron chi connectivity index (χ4n) is 2.54. The minimum atomic E-state index is -0.353. The van der Waals surface area contributed by atoms with Crippen LogP contribution >= 0.6 is 27.3 Å². The molecule has 0 aliphatic rings. The number of aryl methyl sites for hydroxylation is 1. The number of hydrogen-bond acceptors (Lipinski definition) is 3. The highest BCUT2D eigenvalue weighted by molar-refractivity contribution is 9.10. The lowest BCUT2D eigenvalue weighted by atomic mass is 10.1. The largest absolute Gasteiger partial charge is 0.459 e. The van der Waals surface area contributed by atoms with Crippen molar-refractivity contribution in [2.75, 3.05) is 0 Å². The molecule has 24 heavy (non-hydrogen) atoms. The molecule has 0 saturated heterocycles. The Balaban J connectivity index is 2.15. The lowest BCUT2D eigenvalue weighted by Gasteiger charge is -2.08. The first-order valence-electron chi connectivity index (χ1n) is 7.75. The monoisotopic (exact) mass is 404 g/mol. The van der Waals surface area contributed by atoms with Crippen LogP contribution in [-0.4, -0.2) is 10.5 Å². The zero-order chi connectivity index (χ0) is 17.1. The summed E-state index contributed by atoms with van der Waals surface area (Å²) in [6, 6.07) is 11.5. The fourth-order valence-corrected chi connectivity index (χ4v) is 3.96. The number of benzene rings is 1. The van der Waals surface area contributed by atoms with Gasteiger partial charge in [0.15, 0.2) is 10.6 Å². The van der Waals surface area contributed by atoms with Crippen molar-refractivity contribution in [2.24, 2.45) is 4.99 Å². The van der Waals surface area contributed by atoms with Gasteiger partial charge in [-0.05, 0) is 43.2 Å². The topological polar surface area (TPSA) is 47.5 Å². The molecule has 2 aromatic heterocycles. The maximum Gasteiger partial charge on any atom is 0.315 e. The van der Waals surface area contributed by atoms with Gasteiger partial charge in [-0.25, -0.2) is 0 Å². The molecule has 0 bridgehead atoms. The second kappa shape index (κ2) is 7.32. The van der Waals surface area contributed by atoms with Crippen molar-refractivity contribution in [2.45, 2.75) is 26.8 Å². The summed E-state index contributed by atoms with van der Waals surface area (Å²) in [4.78, 5) is 18.5. The van der Waals surface area contributed by atoms with Crippen LogP contribution in [-0.2, 0) is 13.0 Å². The van der Waals surface area contributed by atoms with Gasteiger partial charge in [-0.1, -0.05) is 35.0 Å². The van der Waals surface area contributed by atoms with Crippen LogP contribution in [0.2, 0.25) is 0 Å². The Bertz CT molecular complexity index is 906. The standard InChI is InChI=1S/C18H17BrN2O2S/c1-3-15-16(12-7-9-13(19)10-8-12)21(4-2)18(24-15)20-17(22)14-6-5-11-23-14/h5-11H,3-4H2,1-2H3. The molecule has 0 atom stereocenters. The quantitative estimate of drug-likeness (QED) is 0.620. The van der Waals surface area contributed by atoms with E-state index in [1.54, 1.807) is 23.5 Å². The second-order valence-electron chi connectivity index (χ2n) is 5.16. The number of nitrogens with zero attached hydrogens (tertiary/aromatic N) is 2. The maximum absolute atomic E-state index is 12.3. The Morgan fingerprint density at radius 1 is 1.25 bits per heavy atom. The number of rotatable bonds is 4. The van der Waals surface area contributed by atoms with Crippen LogP contribution in [0.5, 0.6) is 0 Å². The smallest absolute Gasteiger partial charge is 0.315 e. The van der Waals surface area contributed by atoms with Crippen LogP contribution in [0.1, 0.15) is 29.3 Å². The lowest BCUT2D eigenvalue weighted by molar-refractivity contribution is 0.0971. The van der Waals surface area contributed by atoms with Gasteiger partial charge in [-0.3, -0.25) is 4.79 Å². The van der Waals surface area contributed by atoms with Crippen LogP contribution < -0.4 is 4.80 Å². The molecular formula is C18H17BrN2O2S. The normalized spacial score (nSPS) is 11.9. The molecule has 0 unspecified atom stereocenters. The first kappa shape index (κ1) is 16.9. The summed E-state index contributed by atoms with van der Waals surface area (Å²) in [6.45, 7) is 4.92. The Morgan fingerprint density at radius 3 is 2.58 bits per heavy atom. The lowest BCUT2D eigenvalue weighted by Crippen LogP contribution is -2.17. The molecule has 1 aromatic carbocycles. The molecule has 4 nitrogen and oxygen atoms in total. The van der Waals surface area contributed by atoms with E-state index in [2.05, 4.69) is 51.5 Å². The summed E-state index contributed by atoms with van der Waals surface area (Å²) in [6.07, 6.45) is 2.37. The fraction of sp³-hybridized carbons (Fsp3) is 0.222. The van der Waals surface area contributed by atoms with E-state index >= 15 is 0 Å². The van der Waals surface area contributed by atoms with E-state index in [9.17, 15) is 4.79 Å². The van der Waals surface area contributed by atoms with Gasteiger partial charge in [-0.2, -0.15) is 4.99 Å². The van der Waals surface area contributed by atoms with Gasteiger partial charge < -0.3 is 8.98 Å². The van der Waals surface area contributed by atoms with E-state index in [0.29, 0.717) is 4.80 Å². The molecule has 1 amide bonds. The Morgan fingerprint density at radius 2 is 2.00 bits per heavy atom. The first-order valence-corrected chi connectivity index (χ1v) is 9.36. The molecule has 124 valence electrons. The van der Waals surface area contributed by atoms with E-state index < -0.39 is 0 Å². The molecule has 0 aliphatic heterocycles. The van der Waals surface area contributed by atoms with Crippen molar-refractivity contribution in [1.29, 1.82) is 0 Å². The molecule has 0 saturated carbocycles. The third-order valence-corrected chi connectivity index (χ3v) is 5.41. The SMILES string of the molecule is CCc1sc(=NC(=O)c2ccco2)n(CC)c1-c1ccc(Br)cc1. The van der Waals surface area contributed by atoms with Gasteiger partial charge in [0, 0.05) is 15.9 Å². The molecule has 0 aliphatic carbocycles. The first-order chi connectivity index (χ1) is 11.6. The summed E-state index contributed by atoms with van der Waals surface area (Å²) in [5.41, 5.74) is 2.25. The minimum Gasteiger partial charge on any atom is -0.459 e. The van der Waals surface area contributed by atoms with E-state index in [-0.39, 0.29) is 11.7 Å². The molecular weight excluding hydrogens is 388 g/mol. The summed E-state index contributed by atoms with van der Waals surface area (Å²) in [5.74, 6) is -0.0947. The third-order valence-electron chi connectivity index (χ3n) is 3.66. The van der Waals surface area contributed by atoms with Crippen molar-refractivity contribution in [3.8, 4) is 11.3 Å². The Kier molecular flexibility index (Phi) is 5.16. The molecule has 0 fully saturated rings. The average Bonchev–Trinajstić information content (AvgIpc) is 3.23. The van der Waals surface area contributed by atoms with Gasteiger partial charge in [-0.15, -0.1) is 11.3 Å². The number of carbonyl (C=O) groups excluding carboxylic acids is 1. The number of furan rings is 1. The van der Waals surface area contributed by atoms with Gasteiger partial charge in [0.1, 0.15) is 0 Å². The van der Waals surface area contributed by atoms with Crippen molar-refractivity contribution in [3.05, 3.63) is 62.6 Å². The summed E-state index contributed by atoms with van der Waals surface area (Å²) in [5, 5.41) is 0. The number of halogens is 1. The highest BCUT2D eigenvalue weighted by atomic mass is 79.9. The number of carbonyl (C=O) groups is 1. The zero-order valence-electron chi connectivity index (χ0n) is 13.5. The second-order valence-corrected chi connectivity index (χ2v) is 7.13. The molecule has 6 heteroatoms. The van der Waals surface area contributed by atoms with Crippen LogP contribution in [0, 0.1) is 0 Å². The van der Waals surface area contributed by atoms with Gasteiger partial charge in [0.25, 0.3) is 0 Å². The molecule has 2 heterocycles. The van der Waals surface area contributed by atoms with Crippen molar-refractivity contribution in [1.82, 2.24) is 4.57 Å². The number of amides is 1. The van der Waals surface area contributed by atoms with Crippen LogP contribution in [0.25, 0.3) is 11.3 Å². The van der Waals surface area contributed by atoms with Gasteiger partial charge >= 0.3 is 5.91 Å². The van der Waals surface area contributed by atoms with Gasteiger partial charge in [0.2, 0.25) is 0 Å².